The van der Waals surface area contributed by atoms with Crippen LogP contribution in [0.2, 0.25) is 5.02 Å². The molecular formula is C16H25BrClN. The number of nitrogens with one attached hydrogen (secondary N) is 1. The van der Waals surface area contributed by atoms with Gasteiger partial charge in [-0.05, 0) is 46.6 Å². The molecule has 1 atom stereocenters. The van der Waals surface area contributed by atoms with Gasteiger partial charge in [-0.3, -0.25) is 0 Å². The van der Waals surface area contributed by atoms with Crippen LogP contribution in [0, 0.1) is 0 Å². The van der Waals surface area contributed by atoms with E-state index < -0.39 is 0 Å². The molecule has 1 unspecified atom stereocenters. The first-order valence-electron chi connectivity index (χ1n) is 7.37. The summed E-state index contributed by atoms with van der Waals surface area (Å²) in [5.74, 6) is 0. The molecule has 0 radical (unpaired) electrons. The molecule has 108 valence electrons. The van der Waals surface area contributed by atoms with Gasteiger partial charge in [-0.25, -0.2) is 0 Å². The molecule has 0 saturated heterocycles. The van der Waals surface area contributed by atoms with Crippen LogP contribution in [0.15, 0.2) is 22.7 Å². The Morgan fingerprint density at radius 1 is 1.16 bits per heavy atom. The van der Waals surface area contributed by atoms with Crippen molar-refractivity contribution in [3.63, 3.8) is 0 Å². The molecule has 0 fully saturated rings. The van der Waals surface area contributed by atoms with Crippen molar-refractivity contribution in [3.8, 4) is 0 Å². The molecule has 0 heterocycles. The first-order valence-corrected chi connectivity index (χ1v) is 8.54. The second-order valence-electron chi connectivity index (χ2n) is 4.99. The van der Waals surface area contributed by atoms with Gasteiger partial charge in [0.05, 0.1) is 5.02 Å². The molecule has 0 saturated carbocycles. The molecule has 0 spiro atoms. The van der Waals surface area contributed by atoms with Crippen molar-refractivity contribution in [2.24, 2.45) is 0 Å². The monoisotopic (exact) mass is 345 g/mol. The average molecular weight is 347 g/mol. The van der Waals surface area contributed by atoms with Crippen LogP contribution < -0.4 is 5.32 Å². The van der Waals surface area contributed by atoms with Crippen molar-refractivity contribution < 1.29 is 0 Å². The van der Waals surface area contributed by atoms with E-state index in [0.29, 0.717) is 6.04 Å². The molecule has 1 nitrogen and oxygen atoms in total. The zero-order chi connectivity index (χ0) is 14.1. The van der Waals surface area contributed by atoms with Gasteiger partial charge in [-0.2, -0.15) is 0 Å². The van der Waals surface area contributed by atoms with Crippen molar-refractivity contribution in [1.82, 2.24) is 5.32 Å². The van der Waals surface area contributed by atoms with Gasteiger partial charge in [-0.15, -0.1) is 0 Å². The van der Waals surface area contributed by atoms with E-state index in [2.05, 4.69) is 47.2 Å². The zero-order valence-corrected chi connectivity index (χ0v) is 14.4. The van der Waals surface area contributed by atoms with Crippen LogP contribution >= 0.6 is 27.5 Å². The largest absolute Gasteiger partial charge is 0.310 e. The van der Waals surface area contributed by atoms with Gasteiger partial charge in [0.2, 0.25) is 0 Å². The summed E-state index contributed by atoms with van der Waals surface area (Å²) in [6, 6.07) is 6.71. The molecule has 0 aliphatic carbocycles. The van der Waals surface area contributed by atoms with Crippen molar-refractivity contribution in [3.05, 3.63) is 33.3 Å². The Morgan fingerprint density at radius 3 is 2.53 bits per heavy atom. The van der Waals surface area contributed by atoms with Crippen LogP contribution in [-0.4, -0.2) is 6.54 Å². The van der Waals surface area contributed by atoms with Crippen molar-refractivity contribution in [2.75, 3.05) is 6.54 Å². The minimum atomic E-state index is 0.428. The minimum absolute atomic E-state index is 0.428. The second kappa shape index (κ2) is 9.79. The summed E-state index contributed by atoms with van der Waals surface area (Å²) in [7, 11) is 0. The quantitative estimate of drug-likeness (QED) is 0.532. The summed E-state index contributed by atoms with van der Waals surface area (Å²) in [4.78, 5) is 0. The number of halogens is 2. The summed E-state index contributed by atoms with van der Waals surface area (Å²) in [6.07, 6.45) is 7.83. The first-order chi connectivity index (χ1) is 9.19. The SMILES string of the molecule is CCCCCCCC(NCC)c1ccc(Br)c(Cl)c1. The summed E-state index contributed by atoms with van der Waals surface area (Å²) >= 11 is 9.63. The van der Waals surface area contributed by atoms with Gasteiger partial charge in [0.1, 0.15) is 0 Å². The highest BCUT2D eigenvalue weighted by Gasteiger charge is 2.11. The molecule has 0 aromatic heterocycles. The van der Waals surface area contributed by atoms with Crippen molar-refractivity contribution in [1.29, 1.82) is 0 Å². The van der Waals surface area contributed by atoms with E-state index in [-0.39, 0.29) is 0 Å². The molecule has 0 amide bonds. The highest BCUT2D eigenvalue weighted by atomic mass is 79.9. The number of unbranched alkanes of at least 4 members (excludes halogenated alkanes) is 4. The smallest absolute Gasteiger partial charge is 0.0551 e. The van der Waals surface area contributed by atoms with E-state index in [0.717, 1.165) is 16.0 Å². The summed E-state index contributed by atoms with van der Waals surface area (Å²) in [6.45, 7) is 5.41. The molecular weight excluding hydrogens is 322 g/mol. The van der Waals surface area contributed by atoms with Crippen LogP contribution in [0.1, 0.15) is 64.0 Å². The average Bonchev–Trinajstić information content (AvgIpc) is 2.40. The molecule has 1 aromatic rings. The molecule has 3 heteroatoms. The number of benzene rings is 1. The normalized spacial score (nSPS) is 12.6. The van der Waals surface area contributed by atoms with Gasteiger partial charge in [0.25, 0.3) is 0 Å². The van der Waals surface area contributed by atoms with E-state index in [4.69, 9.17) is 11.6 Å². The highest BCUT2D eigenvalue weighted by Crippen LogP contribution is 2.28. The fourth-order valence-corrected chi connectivity index (χ4v) is 2.75. The van der Waals surface area contributed by atoms with E-state index in [1.807, 2.05) is 6.07 Å². The fraction of sp³-hybridized carbons (Fsp3) is 0.625. The molecule has 1 rings (SSSR count). The molecule has 1 N–H and O–H groups in total. The molecule has 0 aliphatic rings. The number of hydrogen-bond acceptors (Lipinski definition) is 1. The Morgan fingerprint density at radius 2 is 1.89 bits per heavy atom. The Kier molecular flexibility index (Phi) is 8.76. The standard InChI is InChI=1S/C16H25BrClN/c1-3-5-6-7-8-9-16(19-4-2)13-10-11-14(17)15(18)12-13/h10-12,16,19H,3-9H2,1-2H3. The van der Waals surface area contributed by atoms with Crippen LogP contribution in [0.3, 0.4) is 0 Å². The molecule has 0 bridgehead atoms. The predicted octanol–water partition coefficient (Wildman–Crippen LogP) is 6.11. The van der Waals surface area contributed by atoms with Crippen LogP contribution in [0.5, 0.6) is 0 Å². The lowest BCUT2D eigenvalue weighted by Gasteiger charge is -2.19. The lowest BCUT2D eigenvalue weighted by Crippen LogP contribution is -2.20. The Bertz CT molecular complexity index is 368. The van der Waals surface area contributed by atoms with E-state index in [1.165, 1.54) is 44.1 Å². The van der Waals surface area contributed by atoms with Crippen molar-refractivity contribution in [2.45, 2.75) is 58.4 Å². The van der Waals surface area contributed by atoms with Gasteiger partial charge in [0, 0.05) is 10.5 Å². The molecule has 1 aromatic carbocycles. The lowest BCUT2D eigenvalue weighted by atomic mass is 9.99. The maximum Gasteiger partial charge on any atom is 0.0551 e. The third-order valence-corrected chi connectivity index (χ3v) is 4.63. The third kappa shape index (κ3) is 6.29. The Hall–Kier alpha value is -0.0500. The van der Waals surface area contributed by atoms with Gasteiger partial charge in [0.15, 0.2) is 0 Å². The summed E-state index contributed by atoms with van der Waals surface area (Å²) in [5, 5.41) is 4.36. The van der Waals surface area contributed by atoms with Gasteiger partial charge in [-0.1, -0.05) is 63.6 Å². The summed E-state index contributed by atoms with van der Waals surface area (Å²) < 4.78 is 0.969. The van der Waals surface area contributed by atoms with Crippen LogP contribution in [0.25, 0.3) is 0 Å². The first kappa shape index (κ1) is 17.0. The fourth-order valence-electron chi connectivity index (χ4n) is 2.31. The van der Waals surface area contributed by atoms with Crippen molar-refractivity contribution >= 4 is 27.5 Å². The minimum Gasteiger partial charge on any atom is -0.310 e. The summed E-state index contributed by atoms with van der Waals surface area (Å²) in [5.41, 5.74) is 1.30. The van der Waals surface area contributed by atoms with Gasteiger partial charge < -0.3 is 5.32 Å². The Labute approximate surface area is 131 Å². The number of hydrogen-bond donors (Lipinski definition) is 1. The third-order valence-electron chi connectivity index (χ3n) is 3.39. The highest BCUT2D eigenvalue weighted by molar-refractivity contribution is 9.10. The molecule has 19 heavy (non-hydrogen) atoms. The van der Waals surface area contributed by atoms with E-state index >= 15 is 0 Å². The van der Waals surface area contributed by atoms with Crippen LogP contribution in [-0.2, 0) is 0 Å². The van der Waals surface area contributed by atoms with Gasteiger partial charge >= 0.3 is 0 Å². The molecule has 0 aliphatic heterocycles. The zero-order valence-electron chi connectivity index (χ0n) is 12.0. The van der Waals surface area contributed by atoms with E-state index in [1.54, 1.807) is 0 Å². The predicted molar refractivity (Wildman–Crippen MR) is 88.9 cm³/mol. The Balaban J connectivity index is 2.53. The number of rotatable bonds is 9. The topological polar surface area (TPSA) is 12.0 Å². The van der Waals surface area contributed by atoms with Crippen LogP contribution in [0.4, 0.5) is 0 Å². The maximum atomic E-state index is 6.19. The maximum absolute atomic E-state index is 6.19. The lowest BCUT2D eigenvalue weighted by molar-refractivity contribution is 0.479. The van der Waals surface area contributed by atoms with E-state index in [9.17, 15) is 0 Å². The second-order valence-corrected chi connectivity index (χ2v) is 6.25.